The van der Waals surface area contributed by atoms with Crippen LogP contribution in [0.25, 0.3) is 22.1 Å². The van der Waals surface area contributed by atoms with Crippen molar-refractivity contribution < 1.29 is 13.9 Å². The third-order valence-corrected chi connectivity index (χ3v) is 5.97. The summed E-state index contributed by atoms with van der Waals surface area (Å²) in [6.07, 6.45) is 1.27. The molecule has 0 saturated carbocycles. The number of nitrogens with two attached hydrogens (primary N) is 1. The number of aromatic hydroxyl groups is 1. The number of hydrogen-bond donors (Lipinski definition) is 4. The van der Waals surface area contributed by atoms with Gasteiger partial charge in [0, 0.05) is 5.56 Å². The van der Waals surface area contributed by atoms with Crippen molar-refractivity contribution in [2.75, 3.05) is 11.1 Å². The minimum Gasteiger partial charge on any atom is -0.508 e. The molecule has 5 rings (SSSR count). The highest BCUT2D eigenvalue weighted by Gasteiger charge is 2.24. The lowest BCUT2D eigenvalue weighted by Crippen LogP contribution is -2.18. The molecule has 1 unspecified atom stereocenters. The fraction of sp³-hybridized carbons (Fsp3) is 0.0714. The highest BCUT2D eigenvalue weighted by molar-refractivity contribution is 6.16. The van der Waals surface area contributed by atoms with Crippen molar-refractivity contribution in [1.82, 2.24) is 9.97 Å². The van der Waals surface area contributed by atoms with E-state index in [0.29, 0.717) is 22.1 Å². The first-order valence-electron chi connectivity index (χ1n) is 11.4. The Labute approximate surface area is 210 Å². The topological polar surface area (TPSA) is 138 Å². The molecule has 0 aliphatic carbocycles. The number of benzene rings is 3. The second-order valence-electron chi connectivity index (χ2n) is 8.45. The quantitative estimate of drug-likeness (QED) is 0.236. The number of phenolic OH excluding ortho intramolecular Hbond substituents is 1. The summed E-state index contributed by atoms with van der Waals surface area (Å²) in [6, 6.07) is 18.1. The van der Waals surface area contributed by atoms with E-state index in [9.17, 15) is 14.3 Å². The van der Waals surface area contributed by atoms with Gasteiger partial charge in [-0.15, -0.1) is 0 Å². The molecule has 0 spiro atoms. The standard InChI is InChI=1S/C28H22FN5O3/c1-15(34-28-23(27(31)32-14-33-28)24(30)16-9-11-19(35)12-10-16)26-22(17-5-4-6-18(29)13-17)25(36)20-7-2-3-8-21(20)37-26/h2-15,30,35H,1H3,(H3,31,32,33,34). The highest BCUT2D eigenvalue weighted by Crippen LogP contribution is 2.32. The number of hydrogen-bond acceptors (Lipinski definition) is 8. The number of aromatic nitrogens is 2. The summed E-state index contributed by atoms with van der Waals surface area (Å²) in [6.45, 7) is 1.77. The summed E-state index contributed by atoms with van der Waals surface area (Å²) in [5.74, 6) is 0.183. The predicted octanol–water partition coefficient (Wildman–Crippen LogP) is 5.27. The van der Waals surface area contributed by atoms with Crippen LogP contribution in [0.3, 0.4) is 0 Å². The molecular formula is C28H22FN5O3. The lowest BCUT2D eigenvalue weighted by atomic mass is 9.98. The van der Waals surface area contributed by atoms with Crippen molar-refractivity contribution in [3.05, 3.63) is 112 Å². The van der Waals surface area contributed by atoms with E-state index in [-0.39, 0.29) is 45.4 Å². The summed E-state index contributed by atoms with van der Waals surface area (Å²) in [4.78, 5) is 21.9. The zero-order valence-corrected chi connectivity index (χ0v) is 19.7. The molecule has 0 radical (unpaired) electrons. The molecule has 0 fully saturated rings. The number of halogens is 1. The van der Waals surface area contributed by atoms with Crippen LogP contribution >= 0.6 is 0 Å². The van der Waals surface area contributed by atoms with Gasteiger partial charge in [0.05, 0.1) is 28.3 Å². The molecule has 5 N–H and O–H groups in total. The maximum absolute atomic E-state index is 14.1. The third-order valence-electron chi connectivity index (χ3n) is 5.97. The Morgan fingerprint density at radius 1 is 1.08 bits per heavy atom. The van der Waals surface area contributed by atoms with E-state index >= 15 is 0 Å². The third kappa shape index (κ3) is 4.50. The Morgan fingerprint density at radius 2 is 1.84 bits per heavy atom. The minimum atomic E-state index is -0.642. The average Bonchev–Trinajstić information content (AvgIpc) is 2.89. The Balaban J connectivity index is 1.63. The minimum absolute atomic E-state index is 0.0399. The zero-order chi connectivity index (χ0) is 26.1. The lowest BCUT2D eigenvalue weighted by Gasteiger charge is -2.20. The van der Waals surface area contributed by atoms with E-state index in [0.717, 1.165) is 0 Å². The number of nitrogens with one attached hydrogen (secondary N) is 2. The molecule has 184 valence electrons. The van der Waals surface area contributed by atoms with Crippen molar-refractivity contribution in [3.63, 3.8) is 0 Å². The van der Waals surface area contributed by atoms with Crippen LogP contribution in [0.1, 0.15) is 29.9 Å². The van der Waals surface area contributed by atoms with Crippen LogP contribution in [0.15, 0.2) is 88.3 Å². The number of nitrogen functional groups attached to an aromatic ring is 1. The van der Waals surface area contributed by atoms with Gasteiger partial charge >= 0.3 is 0 Å². The molecule has 2 heterocycles. The molecule has 0 aliphatic rings. The number of phenols is 1. The molecule has 9 heteroatoms. The van der Waals surface area contributed by atoms with Crippen molar-refractivity contribution in [3.8, 4) is 16.9 Å². The second-order valence-corrected chi connectivity index (χ2v) is 8.45. The highest BCUT2D eigenvalue weighted by atomic mass is 19.1. The molecule has 0 bridgehead atoms. The maximum Gasteiger partial charge on any atom is 0.200 e. The Kier molecular flexibility index (Phi) is 6.10. The molecule has 37 heavy (non-hydrogen) atoms. The summed E-state index contributed by atoms with van der Waals surface area (Å²) < 4.78 is 20.3. The average molecular weight is 496 g/mol. The van der Waals surface area contributed by atoms with Crippen molar-refractivity contribution in [2.45, 2.75) is 13.0 Å². The molecule has 8 nitrogen and oxygen atoms in total. The predicted molar refractivity (Wildman–Crippen MR) is 140 cm³/mol. The van der Waals surface area contributed by atoms with E-state index in [4.69, 9.17) is 15.6 Å². The van der Waals surface area contributed by atoms with Gasteiger partial charge in [-0.3, -0.25) is 10.2 Å². The Hall–Kier alpha value is -5.05. The van der Waals surface area contributed by atoms with Gasteiger partial charge < -0.3 is 20.6 Å². The van der Waals surface area contributed by atoms with Crippen LogP contribution in [-0.2, 0) is 0 Å². The smallest absolute Gasteiger partial charge is 0.200 e. The summed E-state index contributed by atoms with van der Waals surface area (Å²) in [7, 11) is 0. The molecule has 3 aromatic carbocycles. The van der Waals surface area contributed by atoms with Gasteiger partial charge in [0.2, 0.25) is 5.43 Å². The number of anilines is 2. The lowest BCUT2D eigenvalue weighted by molar-refractivity contribution is 0.475. The second kappa shape index (κ2) is 9.54. The van der Waals surface area contributed by atoms with E-state index < -0.39 is 11.9 Å². The Bertz CT molecular complexity index is 1700. The molecular weight excluding hydrogens is 473 g/mol. The van der Waals surface area contributed by atoms with Crippen LogP contribution in [0.2, 0.25) is 0 Å². The summed E-state index contributed by atoms with van der Waals surface area (Å²) in [5, 5.41) is 21.9. The van der Waals surface area contributed by atoms with Crippen LogP contribution in [-0.4, -0.2) is 20.8 Å². The maximum atomic E-state index is 14.1. The van der Waals surface area contributed by atoms with Gasteiger partial charge in [0.25, 0.3) is 0 Å². The van der Waals surface area contributed by atoms with Crippen molar-refractivity contribution in [2.24, 2.45) is 0 Å². The molecule has 0 amide bonds. The van der Waals surface area contributed by atoms with Gasteiger partial charge in [-0.2, -0.15) is 0 Å². The normalized spacial score (nSPS) is 11.8. The van der Waals surface area contributed by atoms with Crippen LogP contribution in [0.5, 0.6) is 5.75 Å². The van der Waals surface area contributed by atoms with Crippen molar-refractivity contribution in [1.29, 1.82) is 5.41 Å². The number of para-hydroxylation sites is 1. The van der Waals surface area contributed by atoms with Crippen LogP contribution in [0, 0.1) is 11.2 Å². The molecule has 0 aliphatic heterocycles. The number of fused-ring (bicyclic) bond motifs is 1. The van der Waals surface area contributed by atoms with E-state index in [1.807, 2.05) is 0 Å². The van der Waals surface area contributed by atoms with Crippen LogP contribution in [0.4, 0.5) is 16.0 Å². The SMILES string of the molecule is CC(Nc1ncnc(N)c1C(=N)c1ccc(O)cc1)c1oc2ccccc2c(=O)c1-c1cccc(F)c1. The first-order valence-corrected chi connectivity index (χ1v) is 11.4. The van der Waals surface area contributed by atoms with E-state index in [1.165, 1.54) is 36.7 Å². The molecule has 5 aromatic rings. The first-order chi connectivity index (χ1) is 17.8. The molecule has 2 aromatic heterocycles. The number of nitrogens with zero attached hydrogens (tertiary/aromatic N) is 2. The van der Waals surface area contributed by atoms with Crippen LogP contribution < -0.4 is 16.5 Å². The zero-order valence-electron chi connectivity index (χ0n) is 19.7. The molecule has 0 saturated heterocycles. The van der Waals surface area contributed by atoms with E-state index in [2.05, 4.69) is 15.3 Å². The van der Waals surface area contributed by atoms with Crippen molar-refractivity contribution >= 4 is 28.3 Å². The van der Waals surface area contributed by atoms with Gasteiger partial charge in [-0.25, -0.2) is 14.4 Å². The monoisotopic (exact) mass is 495 g/mol. The van der Waals surface area contributed by atoms with Gasteiger partial charge in [-0.05, 0) is 61.0 Å². The molecule has 1 atom stereocenters. The largest absolute Gasteiger partial charge is 0.508 e. The fourth-order valence-corrected chi connectivity index (χ4v) is 4.18. The summed E-state index contributed by atoms with van der Waals surface area (Å²) >= 11 is 0. The van der Waals surface area contributed by atoms with Gasteiger partial charge in [0.15, 0.2) is 0 Å². The first kappa shape index (κ1) is 23.7. The number of rotatable bonds is 6. The van der Waals surface area contributed by atoms with Gasteiger partial charge in [-0.1, -0.05) is 24.3 Å². The summed E-state index contributed by atoms with van der Waals surface area (Å²) in [5.41, 5.74) is 7.61. The van der Waals surface area contributed by atoms with Gasteiger partial charge in [0.1, 0.15) is 40.9 Å². The Morgan fingerprint density at radius 3 is 2.59 bits per heavy atom. The van der Waals surface area contributed by atoms with E-state index in [1.54, 1.807) is 49.4 Å². The fourth-order valence-electron chi connectivity index (χ4n) is 4.18.